The van der Waals surface area contributed by atoms with Crippen LogP contribution < -0.4 is 5.32 Å². The maximum atomic E-state index is 13.2. The number of rotatable bonds is 4. The molecule has 3 atom stereocenters. The number of nitrogens with zero attached hydrogens (tertiary/aromatic N) is 1. The Morgan fingerprint density at radius 2 is 1.67 bits per heavy atom. The smallest absolute Gasteiger partial charge is 0.326 e. The van der Waals surface area contributed by atoms with Crippen molar-refractivity contribution in [2.45, 2.75) is 31.2 Å². The molecule has 2 N–H and O–H groups in total. The third-order valence-electron chi connectivity index (χ3n) is 5.22. The summed E-state index contributed by atoms with van der Waals surface area (Å²) in [4.78, 5) is 39.0. The third kappa shape index (κ3) is 3.89. The van der Waals surface area contributed by atoms with E-state index in [0.29, 0.717) is 10.7 Å². The van der Waals surface area contributed by atoms with Crippen LogP contribution in [-0.2, 0) is 36.8 Å². The van der Waals surface area contributed by atoms with Gasteiger partial charge in [0, 0.05) is 13.0 Å². The number of amides is 2. The van der Waals surface area contributed by atoms with Gasteiger partial charge in [-0.05, 0) is 23.3 Å². The summed E-state index contributed by atoms with van der Waals surface area (Å²) in [7, 11) is 0. The number of ether oxygens (including phenoxy) is 2. The predicted molar refractivity (Wildman–Crippen MR) is 107 cm³/mol. The lowest BCUT2D eigenvalue weighted by Crippen LogP contribution is -2.55. The second kappa shape index (κ2) is 8.43. The van der Waals surface area contributed by atoms with Crippen molar-refractivity contribution in [2.24, 2.45) is 0 Å². The molecule has 0 bridgehead atoms. The molecule has 1 unspecified atom stereocenters. The van der Waals surface area contributed by atoms with Crippen molar-refractivity contribution in [3.63, 3.8) is 0 Å². The lowest BCUT2D eigenvalue weighted by Gasteiger charge is -2.36. The first-order chi connectivity index (χ1) is 14.5. The van der Waals surface area contributed by atoms with Gasteiger partial charge >= 0.3 is 5.97 Å². The molecule has 2 aliphatic rings. The zero-order valence-corrected chi connectivity index (χ0v) is 16.5. The van der Waals surface area contributed by atoms with Crippen molar-refractivity contribution < 1.29 is 29.0 Å². The van der Waals surface area contributed by atoms with Gasteiger partial charge < -0.3 is 24.8 Å². The fourth-order valence-corrected chi connectivity index (χ4v) is 3.86. The van der Waals surface area contributed by atoms with Crippen LogP contribution in [-0.4, -0.2) is 52.8 Å². The van der Waals surface area contributed by atoms with E-state index >= 15 is 0 Å². The summed E-state index contributed by atoms with van der Waals surface area (Å²) < 4.78 is 10.7. The number of carboxylic acids is 1. The molecule has 1 saturated heterocycles. The normalized spacial score (nSPS) is 23.0. The number of aliphatic carboxylic acids is 1. The first kappa shape index (κ1) is 20.3. The first-order valence-electron chi connectivity index (χ1n) is 9.34. The van der Waals surface area contributed by atoms with E-state index < -0.39 is 36.0 Å². The molecule has 0 saturated carbocycles. The van der Waals surface area contributed by atoms with Crippen molar-refractivity contribution in [1.29, 1.82) is 0 Å². The Morgan fingerprint density at radius 3 is 2.40 bits per heavy atom. The zero-order chi connectivity index (χ0) is 21.3. The van der Waals surface area contributed by atoms with Crippen molar-refractivity contribution >= 4 is 35.1 Å². The monoisotopic (exact) mass is 430 g/mol. The van der Waals surface area contributed by atoms with Crippen LogP contribution in [0, 0.1) is 0 Å². The fraction of sp³-hybridized carbons (Fsp3) is 0.286. The van der Waals surface area contributed by atoms with Gasteiger partial charge in [-0.1, -0.05) is 48.0 Å². The number of carboxylic acid groups (broad SMARTS) is 1. The number of fused-ring (bicyclic) bond motifs is 1. The minimum atomic E-state index is -1.25. The lowest BCUT2D eigenvalue weighted by molar-refractivity contribution is -0.156. The molecule has 0 radical (unpaired) electrons. The van der Waals surface area contributed by atoms with E-state index in [9.17, 15) is 19.5 Å². The van der Waals surface area contributed by atoms with Gasteiger partial charge in [0.25, 0.3) is 11.8 Å². The van der Waals surface area contributed by atoms with Gasteiger partial charge in [0.05, 0.1) is 10.7 Å². The molecule has 30 heavy (non-hydrogen) atoms. The molecule has 156 valence electrons. The Morgan fingerprint density at radius 1 is 1.00 bits per heavy atom. The van der Waals surface area contributed by atoms with Gasteiger partial charge in [-0.3, -0.25) is 9.59 Å². The standard InChI is InChI=1S/C21H19ClN2O6/c22-14-7-3-4-8-15(14)23-19(25)17-18(30-11-29-17)20(26)24-10-13-6-2-1-5-12(13)9-16(24)21(27)28/h1-8,16-18H,9-11H2,(H,23,25)(H,27,28)/t16?,17-,18-/m1/s1. The Balaban J connectivity index is 1.54. The fourth-order valence-electron chi connectivity index (χ4n) is 3.68. The van der Waals surface area contributed by atoms with Crippen LogP contribution in [0.5, 0.6) is 0 Å². The Labute approximate surface area is 177 Å². The molecule has 1 fully saturated rings. The predicted octanol–water partition coefficient (Wildman–Crippen LogP) is 2.06. The topological polar surface area (TPSA) is 105 Å². The van der Waals surface area contributed by atoms with E-state index in [1.54, 1.807) is 24.3 Å². The van der Waals surface area contributed by atoms with Crippen LogP contribution >= 0.6 is 11.6 Å². The van der Waals surface area contributed by atoms with Crippen molar-refractivity contribution in [1.82, 2.24) is 4.90 Å². The van der Waals surface area contributed by atoms with Gasteiger partial charge in [-0.25, -0.2) is 4.79 Å². The third-order valence-corrected chi connectivity index (χ3v) is 5.55. The summed E-state index contributed by atoms with van der Waals surface area (Å²) in [5.41, 5.74) is 2.12. The van der Waals surface area contributed by atoms with Crippen LogP contribution in [0.2, 0.25) is 5.02 Å². The summed E-state index contributed by atoms with van der Waals surface area (Å²) in [6.45, 7) is -0.135. The zero-order valence-electron chi connectivity index (χ0n) is 15.8. The molecular formula is C21H19ClN2O6. The Hall–Kier alpha value is -2.94. The molecule has 4 rings (SSSR count). The molecule has 2 aromatic carbocycles. The Kier molecular flexibility index (Phi) is 5.72. The molecule has 2 amide bonds. The summed E-state index contributed by atoms with van der Waals surface area (Å²) in [5, 5.41) is 12.6. The molecule has 8 nitrogen and oxygen atoms in total. The van der Waals surface area contributed by atoms with Crippen LogP contribution in [0.4, 0.5) is 5.69 Å². The van der Waals surface area contributed by atoms with E-state index in [2.05, 4.69) is 5.32 Å². The van der Waals surface area contributed by atoms with E-state index in [4.69, 9.17) is 21.1 Å². The highest BCUT2D eigenvalue weighted by Gasteiger charge is 2.46. The SMILES string of the molecule is O=C(O)C1Cc2ccccc2CN1C(=O)[C@@H]1OCO[C@H]1C(=O)Nc1ccccc1Cl. The second-order valence-corrected chi connectivity index (χ2v) is 7.46. The maximum Gasteiger partial charge on any atom is 0.326 e. The number of anilines is 1. The van der Waals surface area contributed by atoms with E-state index in [1.807, 2.05) is 24.3 Å². The summed E-state index contributed by atoms with van der Waals surface area (Å²) >= 11 is 6.07. The number of halogens is 1. The number of hydrogen-bond acceptors (Lipinski definition) is 5. The van der Waals surface area contributed by atoms with Crippen LogP contribution in [0.1, 0.15) is 11.1 Å². The van der Waals surface area contributed by atoms with Gasteiger partial charge in [-0.2, -0.15) is 0 Å². The molecule has 0 spiro atoms. The van der Waals surface area contributed by atoms with E-state index in [0.717, 1.165) is 11.1 Å². The van der Waals surface area contributed by atoms with Crippen LogP contribution in [0.15, 0.2) is 48.5 Å². The molecule has 2 aromatic rings. The largest absolute Gasteiger partial charge is 0.480 e. The van der Waals surface area contributed by atoms with Gasteiger partial charge in [0.15, 0.2) is 12.2 Å². The van der Waals surface area contributed by atoms with Crippen LogP contribution in [0.25, 0.3) is 0 Å². The minimum absolute atomic E-state index is 0.116. The number of carbonyl (C=O) groups is 3. The molecule has 0 aromatic heterocycles. The van der Waals surface area contributed by atoms with E-state index in [-0.39, 0.29) is 19.8 Å². The van der Waals surface area contributed by atoms with Crippen molar-refractivity contribution in [3.8, 4) is 0 Å². The molecule has 2 heterocycles. The van der Waals surface area contributed by atoms with E-state index in [1.165, 1.54) is 4.90 Å². The summed E-state index contributed by atoms with van der Waals surface area (Å²) in [5.74, 6) is -2.31. The number of para-hydroxylation sites is 1. The van der Waals surface area contributed by atoms with Gasteiger partial charge in [0.2, 0.25) is 0 Å². The number of carbonyl (C=O) groups excluding carboxylic acids is 2. The maximum absolute atomic E-state index is 13.2. The Bertz CT molecular complexity index is 997. The van der Waals surface area contributed by atoms with Crippen LogP contribution in [0.3, 0.4) is 0 Å². The number of hydrogen-bond donors (Lipinski definition) is 2. The number of nitrogens with one attached hydrogen (secondary N) is 1. The quantitative estimate of drug-likeness (QED) is 0.769. The highest BCUT2D eigenvalue weighted by atomic mass is 35.5. The number of benzene rings is 2. The average Bonchev–Trinajstić information content (AvgIpc) is 3.24. The molecule has 9 heteroatoms. The van der Waals surface area contributed by atoms with Gasteiger partial charge in [0.1, 0.15) is 12.8 Å². The minimum Gasteiger partial charge on any atom is -0.480 e. The highest BCUT2D eigenvalue weighted by molar-refractivity contribution is 6.33. The molecule has 2 aliphatic heterocycles. The van der Waals surface area contributed by atoms with Crippen molar-refractivity contribution in [3.05, 3.63) is 64.7 Å². The first-order valence-corrected chi connectivity index (χ1v) is 9.72. The highest BCUT2D eigenvalue weighted by Crippen LogP contribution is 2.28. The van der Waals surface area contributed by atoms with Crippen molar-refractivity contribution in [2.75, 3.05) is 12.1 Å². The molecular weight excluding hydrogens is 412 g/mol. The average molecular weight is 431 g/mol. The second-order valence-electron chi connectivity index (χ2n) is 7.05. The summed E-state index contributed by atoms with van der Waals surface area (Å²) in [6, 6.07) is 13.0. The molecule has 0 aliphatic carbocycles. The summed E-state index contributed by atoms with van der Waals surface area (Å²) in [6.07, 6.45) is -2.29. The van der Waals surface area contributed by atoms with Gasteiger partial charge in [-0.15, -0.1) is 0 Å². The lowest BCUT2D eigenvalue weighted by atomic mass is 9.93.